The third-order valence-corrected chi connectivity index (χ3v) is 7.03. The molecule has 4 aliphatic rings. The summed E-state index contributed by atoms with van der Waals surface area (Å²) in [6, 6.07) is 4.53. The molecule has 0 N–H and O–H groups in total. The average Bonchev–Trinajstić information content (AvgIpc) is 3.23. The zero-order valence-electron chi connectivity index (χ0n) is 15.8. The van der Waals surface area contributed by atoms with Crippen LogP contribution in [0.25, 0.3) is 0 Å². The second kappa shape index (κ2) is 6.21. The minimum absolute atomic E-state index is 0.0925. The first-order valence-electron chi connectivity index (χ1n) is 10.1. The van der Waals surface area contributed by atoms with E-state index in [0.29, 0.717) is 18.1 Å². The van der Waals surface area contributed by atoms with Crippen molar-refractivity contribution in [2.75, 3.05) is 13.2 Å². The summed E-state index contributed by atoms with van der Waals surface area (Å²) < 4.78 is 12.3. The molecule has 1 heterocycles. The van der Waals surface area contributed by atoms with E-state index in [9.17, 15) is 4.79 Å². The van der Waals surface area contributed by atoms with Gasteiger partial charge in [0, 0.05) is 24.7 Å². The quantitative estimate of drug-likeness (QED) is 0.703. The van der Waals surface area contributed by atoms with Crippen LogP contribution in [0.2, 0.25) is 0 Å². The van der Waals surface area contributed by atoms with Crippen LogP contribution in [-0.4, -0.2) is 24.8 Å². The summed E-state index contributed by atoms with van der Waals surface area (Å²) in [7, 11) is 0. The highest BCUT2D eigenvalue weighted by Crippen LogP contribution is 2.63. The molecular formula is C22H30O3. The second-order valence-corrected chi connectivity index (χ2v) is 7.95. The summed E-state index contributed by atoms with van der Waals surface area (Å²) in [5.41, 5.74) is 5.92. The molecule has 2 unspecified atom stereocenters. The van der Waals surface area contributed by atoms with Gasteiger partial charge in [0.2, 0.25) is 0 Å². The first kappa shape index (κ1) is 17.2. The topological polar surface area (TPSA) is 35.5 Å². The van der Waals surface area contributed by atoms with Gasteiger partial charge in [0.15, 0.2) is 5.79 Å². The van der Waals surface area contributed by atoms with Crippen LogP contribution in [0.5, 0.6) is 0 Å². The second-order valence-electron chi connectivity index (χ2n) is 7.95. The van der Waals surface area contributed by atoms with E-state index in [4.69, 9.17) is 9.47 Å². The highest BCUT2D eigenvalue weighted by molar-refractivity contribution is 5.83. The smallest absolute Gasteiger partial charge is 0.174 e. The van der Waals surface area contributed by atoms with Crippen molar-refractivity contribution in [1.29, 1.82) is 0 Å². The van der Waals surface area contributed by atoms with Crippen LogP contribution in [0.3, 0.4) is 0 Å². The molecule has 0 bridgehead atoms. The maximum Gasteiger partial charge on any atom is 0.174 e. The van der Waals surface area contributed by atoms with Crippen LogP contribution < -0.4 is 0 Å². The van der Waals surface area contributed by atoms with E-state index in [0.717, 1.165) is 51.7 Å². The lowest BCUT2D eigenvalue weighted by Gasteiger charge is -2.46. The van der Waals surface area contributed by atoms with Crippen molar-refractivity contribution in [2.45, 2.75) is 77.4 Å². The fraction of sp³-hybridized carbons (Fsp3) is 0.682. The average molecular weight is 342 g/mol. The van der Waals surface area contributed by atoms with Crippen molar-refractivity contribution < 1.29 is 14.3 Å². The summed E-state index contributed by atoms with van der Waals surface area (Å²) in [5, 5.41) is 0. The molecule has 2 fully saturated rings. The van der Waals surface area contributed by atoms with Gasteiger partial charge in [0.25, 0.3) is 0 Å². The molecule has 2 atom stereocenters. The molecule has 25 heavy (non-hydrogen) atoms. The van der Waals surface area contributed by atoms with Gasteiger partial charge in [0.05, 0.1) is 13.2 Å². The number of carbonyl (C=O) groups excluding carboxylic acids is 1. The number of fused-ring (bicyclic) bond motifs is 6. The van der Waals surface area contributed by atoms with Crippen LogP contribution in [0, 0.1) is 5.41 Å². The van der Waals surface area contributed by atoms with E-state index in [1.165, 1.54) is 16.7 Å². The highest BCUT2D eigenvalue weighted by atomic mass is 16.7. The summed E-state index contributed by atoms with van der Waals surface area (Å²) >= 11 is 0. The molecule has 0 aromatic heterocycles. The Morgan fingerprint density at radius 2 is 1.76 bits per heavy atom. The Balaban J connectivity index is 0.000000758. The van der Waals surface area contributed by atoms with Gasteiger partial charge in [-0.25, -0.2) is 0 Å². The third kappa shape index (κ3) is 2.35. The van der Waals surface area contributed by atoms with Crippen LogP contribution in [-0.2, 0) is 33.5 Å². The number of benzene rings is 1. The van der Waals surface area contributed by atoms with E-state index < -0.39 is 0 Å². The van der Waals surface area contributed by atoms with Crippen LogP contribution in [0.4, 0.5) is 0 Å². The van der Waals surface area contributed by atoms with Gasteiger partial charge >= 0.3 is 0 Å². The molecule has 1 spiro atoms. The molecule has 1 saturated heterocycles. The molecule has 136 valence electrons. The van der Waals surface area contributed by atoms with E-state index >= 15 is 0 Å². The number of carbonyl (C=O) groups is 1. The molecule has 0 amide bonds. The fourth-order valence-electron chi connectivity index (χ4n) is 5.80. The summed E-state index contributed by atoms with van der Waals surface area (Å²) in [6.45, 7) is 7.85. The first-order valence-corrected chi connectivity index (χ1v) is 10.1. The minimum Gasteiger partial charge on any atom is -0.347 e. The zero-order valence-corrected chi connectivity index (χ0v) is 15.8. The first-order chi connectivity index (χ1) is 12.1. The van der Waals surface area contributed by atoms with Gasteiger partial charge < -0.3 is 9.47 Å². The van der Waals surface area contributed by atoms with E-state index in [1.807, 2.05) is 13.8 Å². The number of hydrogen-bond donors (Lipinski definition) is 0. The molecule has 3 heteroatoms. The van der Waals surface area contributed by atoms with E-state index in [1.54, 1.807) is 5.56 Å². The van der Waals surface area contributed by atoms with Crippen molar-refractivity contribution in [3.63, 3.8) is 0 Å². The number of rotatable bonds is 0. The van der Waals surface area contributed by atoms with Gasteiger partial charge in [0.1, 0.15) is 5.78 Å². The highest BCUT2D eigenvalue weighted by Gasteiger charge is 2.62. The monoisotopic (exact) mass is 342 g/mol. The molecule has 1 aliphatic heterocycles. The van der Waals surface area contributed by atoms with Gasteiger partial charge in [-0.05, 0) is 53.9 Å². The fourth-order valence-corrected chi connectivity index (χ4v) is 5.80. The van der Waals surface area contributed by atoms with Crippen molar-refractivity contribution in [3.8, 4) is 0 Å². The number of hydrogen-bond acceptors (Lipinski definition) is 3. The van der Waals surface area contributed by atoms with Crippen molar-refractivity contribution in [1.82, 2.24) is 0 Å². The predicted octanol–water partition coefficient (Wildman–Crippen LogP) is 4.34. The molecule has 3 nitrogen and oxygen atoms in total. The maximum atomic E-state index is 11.8. The van der Waals surface area contributed by atoms with E-state index in [-0.39, 0.29) is 11.2 Å². The lowest BCUT2D eigenvalue weighted by atomic mass is 9.63. The van der Waals surface area contributed by atoms with Crippen LogP contribution >= 0.6 is 0 Å². The Morgan fingerprint density at radius 1 is 1.00 bits per heavy atom. The lowest BCUT2D eigenvalue weighted by molar-refractivity contribution is -0.222. The Labute approximate surface area is 151 Å². The number of ketones is 1. The standard InChI is InChI=1S/C20H24O3.C2H6/c1-19-8-6-16-15-5-3-14(21)12-13(15)2-4-17(16)18(19)7-9-20(19)22-10-11-23-20;1-2/h2,4,18H,3,5-12H2,1H3;1-2H3. The van der Waals surface area contributed by atoms with Gasteiger partial charge in [-0.1, -0.05) is 32.9 Å². The number of ether oxygens (including phenoxy) is 2. The van der Waals surface area contributed by atoms with Gasteiger partial charge in [-0.15, -0.1) is 0 Å². The zero-order chi connectivity index (χ0) is 17.7. The molecule has 1 aromatic rings. The third-order valence-electron chi connectivity index (χ3n) is 7.03. The lowest BCUT2D eigenvalue weighted by Crippen LogP contribution is -2.47. The van der Waals surface area contributed by atoms with Crippen molar-refractivity contribution in [3.05, 3.63) is 34.4 Å². The van der Waals surface area contributed by atoms with Crippen molar-refractivity contribution in [2.24, 2.45) is 5.41 Å². The Morgan fingerprint density at radius 3 is 2.52 bits per heavy atom. The van der Waals surface area contributed by atoms with Crippen LogP contribution in [0.1, 0.15) is 74.6 Å². The summed E-state index contributed by atoms with van der Waals surface area (Å²) in [6.07, 6.45) is 6.72. The van der Waals surface area contributed by atoms with Crippen molar-refractivity contribution >= 4 is 5.78 Å². The molecule has 1 aromatic carbocycles. The SMILES string of the molecule is CC.CC12CCc3c(ccc4c3CCC(=O)C4)C1CCC21OCCO1. The number of Topliss-reactive ketones (excluding diaryl/α,β-unsaturated/α-hetero) is 1. The molecule has 0 radical (unpaired) electrons. The van der Waals surface area contributed by atoms with Gasteiger partial charge in [-0.3, -0.25) is 4.79 Å². The maximum absolute atomic E-state index is 11.8. The minimum atomic E-state index is -0.346. The largest absolute Gasteiger partial charge is 0.347 e. The molecule has 3 aliphatic carbocycles. The van der Waals surface area contributed by atoms with Gasteiger partial charge in [-0.2, -0.15) is 0 Å². The summed E-state index contributed by atoms with van der Waals surface area (Å²) in [5.74, 6) is 0.583. The Bertz CT molecular complexity index is 687. The Kier molecular flexibility index (Phi) is 4.28. The summed E-state index contributed by atoms with van der Waals surface area (Å²) in [4.78, 5) is 11.8. The Hall–Kier alpha value is -1.19. The molecule has 1 saturated carbocycles. The molecule has 5 rings (SSSR count). The predicted molar refractivity (Wildman–Crippen MR) is 97.9 cm³/mol. The molecular weight excluding hydrogens is 312 g/mol. The van der Waals surface area contributed by atoms with E-state index in [2.05, 4.69) is 19.1 Å². The van der Waals surface area contributed by atoms with Crippen LogP contribution in [0.15, 0.2) is 12.1 Å². The normalized spacial score (nSPS) is 31.8.